The van der Waals surface area contributed by atoms with Gasteiger partial charge in [0, 0.05) is 18.0 Å². The number of tetrazole rings is 1. The summed E-state index contributed by atoms with van der Waals surface area (Å²) in [7, 11) is 0. The Morgan fingerprint density at radius 2 is 1.77 bits per heavy atom. The van der Waals surface area contributed by atoms with E-state index in [1.54, 1.807) is 4.68 Å². The van der Waals surface area contributed by atoms with E-state index in [1.807, 2.05) is 60.7 Å². The zero-order valence-electron chi connectivity index (χ0n) is 14.5. The Labute approximate surface area is 152 Å². The molecular weight excluding hydrogens is 326 g/mol. The van der Waals surface area contributed by atoms with E-state index < -0.39 is 0 Å². The summed E-state index contributed by atoms with van der Waals surface area (Å²) in [5, 5.41) is 12.2. The Morgan fingerprint density at radius 1 is 1.04 bits per heavy atom. The highest BCUT2D eigenvalue weighted by molar-refractivity contribution is 5.96. The molecule has 0 N–H and O–H groups in total. The van der Waals surface area contributed by atoms with E-state index in [0.717, 1.165) is 36.5 Å². The highest BCUT2D eigenvalue weighted by Gasteiger charge is 2.28. The van der Waals surface area contributed by atoms with E-state index >= 15 is 0 Å². The van der Waals surface area contributed by atoms with Crippen LogP contribution in [-0.2, 0) is 6.54 Å². The molecule has 4 rings (SSSR count). The number of Topliss-reactive ketones (excluding diaryl/α,β-unsaturated/α-hetero) is 1. The molecule has 1 aliphatic rings. The Kier molecular flexibility index (Phi) is 4.84. The third-order valence-corrected chi connectivity index (χ3v) is 4.90. The number of carbonyl (C=O) groups is 1. The number of carbonyl (C=O) groups excluding carboxylic acids is 1. The van der Waals surface area contributed by atoms with Crippen molar-refractivity contribution in [2.75, 3.05) is 6.54 Å². The zero-order valence-corrected chi connectivity index (χ0v) is 14.5. The summed E-state index contributed by atoms with van der Waals surface area (Å²) >= 11 is 0. The number of hydrogen-bond donors (Lipinski definition) is 0. The molecule has 0 spiro atoms. The van der Waals surface area contributed by atoms with E-state index in [4.69, 9.17) is 0 Å². The summed E-state index contributed by atoms with van der Waals surface area (Å²) in [5.41, 5.74) is 1.73. The molecule has 1 fully saturated rings. The third kappa shape index (κ3) is 3.55. The lowest BCUT2D eigenvalue weighted by Crippen LogP contribution is -2.32. The summed E-state index contributed by atoms with van der Waals surface area (Å²) < 4.78 is 1.77. The summed E-state index contributed by atoms with van der Waals surface area (Å²) in [6, 6.07) is 19.7. The molecule has 6 nitrogen and oxygen atoms in total. The minimum Gasteiger partial charge on any atom is -0.294 e. The first-order valence-corrected chi connectivity index (χ1v) is 8.96. The van der Waals surface area contributed by atoms with Crippen LogP contribution in [0.3, 0.4) is 0 Å². The van der Waals surface area contributed by atoms with Crippen molar-refractivity contribution in [3.63, 3.8) is 0 Å². The molecule has 26 heavy (non-hydrogen) atoms. The molecule has 0 radical (unpaired) electrons. The molecule has 2 heterocycles. The van der Waals surface area contributed by atoms with Gasteiger partial charge in [-0.1, -0.05) is 48.5 Å². The topological polar surface area (TPSA) is 63.9 Å². The van der Waals surface area contributed by atoms with Gasteiger partial charge in [0.25, 0.3) is 0 Å². The van der Waals surface area contributed by atoms with Crippen LogP contribution in [0, 0.1) is 0 Å². The van der Waals surface area contributed by atoms with Crippen LogP contribution in [0.5, 0.6) is 0 Å². The van der Waals surface area contributed by atoms with Gasteiger partial charge in [0.15, 0.2) is 11.6 Å². The molecule has 1 aliphatic heterocycles. The number of likely N-dealkylation sites (tertiary alicyclic amines) is 1. The van der Waals surface area contributed by atoms with Crippen LogP contribution in [0.15, 0.2) is 60.7 Å². The molecule has 0 saturated carbocycles. The van der Waals surface area contributed by atoms with Crippen LogP contribution in [0.25, 0.3) is 5.69 Å². The Hall–Kier alpha value is -2.86. The molecule has 3 aromatic rings. The molecule has 0 aliphatic carbocycles. The largest absolute Gasteiger partial charge is 0.294 e. The maximum absolute atomic E-state index is 12.6. The van der Waals surface area contributed by atoms with Gasteiger partial charge in [0.2, 0.25) is 0 Å². The highest BCUT2D eigenvalue weighted by atomic mass is 16.1. The lowest BCUT2D eigenvalue weighted by molar-refractivity contribution is 0.0937. The lowest BCUT2D eigenvalue weighted by atomic mass is 10.0. The first kappa shape index (κ1) is 16.6. The van der Waals surface area contributed by atoms with Crippen LogP contribution in [0.4, 0.5) is 0 Å². The average molecular weight is 347 g/mol. The summed E-state index contributed by atoms with van der Waals surface area (Å²) in [4.78, 5) is 14.9. The maximum Gasteiger partial charge on any atom is 0.170 e. The van der Waals surface area contributed by atoms with Crippen LogP contribution in [0.1, 0.15) is 35.4 Å². The van der Waals surface area contributed by atoms with E-state index in [9.17, 15) is 4.79 Å². The molecule has 1 aromatic heterocycles. The maximum atomic E-state index is 12.6. The van der Waals surface area contributed by atoms with E-state index in [0.29, 0.717) is 13.0 Å². The summed E-state index contributed by atoms with van der Waals surface area (Å²) in [5.74, 6) is 1.00. The van der Waals surface area contributed by atoms with E-state index in [2.05, 4.69) is 20.4 Å². The lowest BCUT2D eigenvalue weighted by Gasteiger charge is -2.23. The van der Waals surface area contributed by atoms with Crippen molar-refractivity contribution >= 4 is 5.78 Å². The molecule has 1 atom stereocenters. The Balaban J connectivity index is 1.47. The smallest absolute Gasteiger partial charge is 0.170 e. The van der Waals surface area contributed by atoms with Gasteiger partial charge < -0.3 is 0 Å². The summed E-state index contributed by atoms with van der Waals surface area (Å²) in [6.07, 6.45) is 2.67. The second kappa shape index (κ2) is 7.58. The van der Waals surface area contributed by atoms with Crippen molar-refractivity contribution in [1.82, 2.24) is 25.1 Å². The molecule has 0 bridgehead atoms. The number of hydrogen-bond acceptors (Lipinski definition) is 5. The minimum atomic E-state index is 0.199. The molecular formula is C20H21N5O. The molecule has 1 saturated heterocycles. The SMILES string of the molecule is O=C(C[C@@H]1CCCN1Cc1nnnn1-c1ccccc1)c1ccccc1. The first-order valence-electron chi connectivity index (χ1n) is 8.96. The van der Waals surface area contributed by atoms with Gasteiger partial charge in [-0.15, -0.1) is 5.10 Å². The van der Waals surface area contributed by atoms with Gasteiger partial charge in [-0.05, 0) is 41.9 Å². The van der Waals surface area contributed by atoms with Gasteiger partial charge in [-0.2, -0.15) is 4.68 Å². The first-order chi connectivity index (χ1) is 12.8. The zero-order chi connectivity index (χ0) is 17.8. The van der Waals surface area contributed by atoms with Crippen molar-refractivity contribution in [2.45, 2.75) is 31.8 Å². The van der Waals surface area contributed by atoms with E-state index in [1.165, 1.54) is 0 Å². The fourth-order valence-electron chi connectivity index (χ4n) is 3.55. The minimum absolute atomic E-state index is 0.199. The van der Waals surface area contributed by atoms with Gasteiger partial charge in [0.1, 0.15) is 0 Å². The van der Waals surface area contributed by atoms with Crippen LogP contribution in [-0.4, -0.2) is 43.5 Å². The molecule has 132 valence electrons. The highest BCUT2D eigenvalue weighted by Crippen LogP contribution is 2.24. The van der Waals surface area contributed by atoms with Crippen LogP contribution in [0.2, 0.25) is 0 Å². The van der Waals surface area contributed by atoms with Crippen molar-refractivity contribution in [3.05, 3.63) is 72.1 Å². The number of ketones is 1. The van der Waals surface area contributed by atoms with Gasteiger partial charge >= 0.3 is 0 Å². The quantitative estimate of drug-likeness (QED) is 0.642. The van der Waals surface area contributed by atoms with E-state index in [-0.39, 0.29) is 11.8 Å². The monoisotopic (exact) mass is 347 g/mol. The molecule has 6 heteroatoms. The van der Waals surface area contributed by atoms with Crippen LogP contribution >= 0.6 is 0 Å². The number of aromatic nitrogens is 4. The molecule has 2 aromatic carbocycles. The standard InChI is InChI=1S/C20H21N5O/c26-19(16-8-3-1-4-9-16)14-18-12-7-13-24(18)15-20-21-22-23-25(20)17-10-5-2-6-11-17/h1-6,8-11,18H,7,12-15H2/t18-/m0/s1. The van der Waals surface area contributed by atoms with Crippen molar-refractivity contribution in [2.24, 2.45) is 0 Å². The summed E-state index contributed by atoms with van der Waals surface area (Å²) in [6.45, 7) is 1.61. The Bertz CT molecular complexity index is 862. The average Bonchev–Trinajstić information content (AvgIpc) is 3.33. The number of rotatable bonds is 6. The predicted octanol–water partition coefficient (Wildman–Crippen LogP) is 2.90. The second-order valence-electron chi connectivity index (χ2n) is 6.60. The van der Waals surface area contributed by atoms with Gasteiger partial charge in [-0.3, -0.25) is 9.69 Å². The predicted molar refractivity (Wildman–Crippen MR) is 98.0 cm³/mol. The molecule has 0 unspecified atom stereocenters. The number of para-hydroxylation sites is 1. The van der Waals surface area contributed by atoms with Crippen molar-refractivity contribution in [1.29, 1.82) is 0 Å². The second-order valence-corrected chi connectivity index (χ2v) is 6.60. The van der Waals surface area contributed by atoms with Crippen molar-refractivity contribution < 1.29 is 4.79 Å². The fraction of sp³-hybridized carbons (Fsp3) is 0.300. The van der Waals surface area contributed by atoms with Gasteiger partial charge in [-0.25, -0.2) is 0 Å². The fourth-order valence-corrected chi connectivity index (χ4v) is 3.55. The Morgan fingerprint density at radius 3 is 2.54 bits per heavy atom. The van der Waals surface area contributed by atoms with Gasteiger partial charge in [0.05, 0.1) is 12.2 Å². The third-order valence-electron chi connectivity index (χ3n) is 4.90. The molecule has 0 amide bonds. The van der Waals surface area contributed by atoms with Crippen molar-refractivity contribution in [3.8, 4) is 5.69 Å². The number of nitrogens with zero attached hydrogens (tertiary/aromatic N) is 5. The van der Waals surface area contributed by atoms with Crippen LogP contribution < -0.4 is 0 Å². The normalized spacial score (nSPS) is 17.5. The number of benzene rings is 2.